The van der Waals surface area contributed by atoms with Gasteiger partial charge in [-0.3, -0.25) is 4.79 Å². The lowest BCUT2D eigenvalue weighted by Crippen LogP contribution is -2.42. The van der Waals surface area contributed by atoms with Crippen LogP contribution in [0.1, 0.15) is 70.4 Å². The molecule has 4 atom stereocenters. The molecule has 3 aliphatic rings. The molecule has 0 saturated heterocycles. The van der Waals surface area contributed by atoms with Gasteiger partial charge < -0.3 is 9.47 Å². The van der Waals surface area contributed by atoms with Gasteiger partial charge in [0.25, 0.3) is 0 Å². The zero-order chi connectivity index (χ0) is 19.4. The van der Waals surface area contributed by atoms with Crippen LogP contribution >= 0.6 is 0 Å². The van der Waals surface area contributed by atoms with Gasteiger partial charge in [0.2, 0.25) is 0 Å². The first-order valence-corrected chi connectivity index (χ1v) is 10.3. The second-order valence-electron chi connectivity index (χ2n) is 9.84. The Morgan fingerprint density at radius 2 is 2.00 bits per heavy atom. The summed E-state index contributed by atoms with van der Waals surface area (Å²) in [5, 5.41) is 0. The molecule has 0 N–H and O–H groups in total. The maximum Gasteiger partial charge on any atom is 0.168 e. The number of allylic oxidation sites excluding steroid dienone is 1. The Morgan fingerprint density at radius 1 is 1.22 bits per heavy atom. The van der Waals surface area contributed by atoms with Gasteiger partial charge in [-0.2, -0.15) is 0 Å². The molecule has 146 valence electrons. The molecule has 0 heterocycles. The maximum atomic E-state index is 13.2. The van der Waals surface area contributed by atoms with E-state index in [0.29, 0.717) is 23.5 Å². The molecule has 0 aliphatic heterocycles. The number of Topliss-reactive ketones (excluding diaryl/α,β-unsaturated/α-hetero) is 1. The van der Waals surface area contributed by atoms with Gasteiger partial charge in [-0.15, -0.1) is 0 Å². The number of rotatable bonds is 2. The monoisotopic (exact) mass is 368 g/mol. The van der Waals surface area contributed by atoms with E-state index < -0.39 is 0 Å². The number of aryl methyl sites for hydroxylation is 1. The summed E-state index contributed by atoms with van der Waals surface area (Å²) in [4.78, 5) is 13.2. The highest BCUT2D eigenvalue weighted by molar-refractivity contribution is 6.02. The fourth-order valence-corrected chi connectivity index (χ4v) is 5.71. The third-order valence-corrected chi connectivity index (χ3v) is 7.13. The van der Waals surface area contributed by atoms with Crippen LogP contribution in [0.15, 0.2) is 30.0 Å². The Morgan fingerprint density at radius 3 is 2.70 bits per heavy atom. The Kier molecular flexibility index (Phi) is 4.40. The van der Waals surface area contributed by atoms with Gasteiger partial charge in [-0.1, -0.05) is 13.0 Å². The lowest BCUT2D eigenvalue weighted by Gasteiger charge is -2.48. The fourth-order valence-electron chi connectivity index (χ4n) is 5.71. The summed E-state index contributed by atoms with van der Waals surface area (Å²) in [7, 11) is 1.73. The molecule has 1 aromatic rings. The lowest BCUT2D eigenvalue weighted by atomic mass is 9.55. The zero-order valence-electron chi connectivity index (χ0n) is 17.3. The first-order valence-electron chi connectivity index (χ1n) is 10.3. The molecule has 3 nitrogen and oxygen atoms in total. The van der Waals surface area contributed by atoms with Crippen molar-refractivity contribution in [1.82, 2.24) is 0 Å². The van der Waals surface area contributed by atoms with Crippen LogP contribution in [0.25, 0.3) is 0 Å². The van der Waals surface area contributed by atoms with E-state index in [1.54, 1.807) is 13.4 Å². The Hall–Kier alpha value is -1.77. The number of hydrogen-bond donors (Lipinski definition) is 0. The highest BCUT2D eigenvalue weighted by Crippen LogP contribution is 2.60. The van der Waals surface area contributed by atoms with Gasteiger partial charge in [0.05, 0.1) is 19.0 Å². The average Bonchev–Trinajstić information content (AvgIpc) is 2.89. The van der Waals surface area contributed by atoms with E-state index in [0.717, 1.165) is 37.0 Å². The van der Waals surface area contributed by atoms with Crippen LogP contribution in [0.3, 0.4) is 0 Å². The highest BCUT2D eigenvalue weighted by atomic mass is 16.5. The molecule has 2 saturated carbocycles. The number of methoxy groups -OCH3 is 1. The zero-order valence-corrected chi connectivity index (χ0v) is 17.3. The maximum absolute atomic E-state index is 13.2. The highest BCUT2D eigenvalue weighted by Gasteiger charge is 2.56. The molecule has 0 aromatic heterocycles. The van der Waals surface area contributed by atoms with Crippen molar-refractivity contribution in [2.45, 2.75) is 71.3 Å². The smallest absolute Gasteiger partial charge is 0.168 e. The molecule has 0 radical (unpaired) electrons. The van der Waals surface area contributed by atoms with Gasteiger partial charge >= 0.3 is 0 Å². The Labute approximate surface area is 163 Å². The quantitative estimate of drug-likeness (QED) is 0.516. The lowest BCUT2D eigenvalue weighted by molar-refractivity contribution is -0.127. The SMILES string of the molecule is COc1ccc2c(c1)CC[C@@H]1[C@@H]2CC[C@]2(C)C(=O)/C(=C\OC(C)(C)C)C[C@@H]12. The molecule has 4 rings (SSSR count). The minimum Gasteiger partial charge on any atom is -0.497 e. The number of carbonyl (C=O) groups is 1. The van der Waals surface area contributed by atoms with Gasteiger partial charge in [0.1, 0.15) is 5.75 Å². The third kappa shape index (κ3) is 3.09. The van der Waals surface area contributed by atoms with Crippen LogP contribution in [-0.4, -0.2) is 18.5 Å². The molecule has 3 heteroatoms. The van der Waals surface area contributed by atoms with Crippen molar-refractivity contribution in [2.24, 2.45) is 17.3 Å². The molecule has 3 aliphatic carbocycles. The predicted molar refractivity (Wildman–Crippen MR) is 107 cm³/mol. The second kappa shape index (κ2) is 6.39. The van der Waals surface area contributed by atoms with E-state index in [9.17, 15) is 4.79 Å². The Balaban J connectivity index is 1.63. The number of fused-ring (bicyclic) bond motifs is 5. The van der Waals surface area contributed by atoms with E-state index in [2.05, 4.69) is 25.1 Å². The normalized spacial score (nSPS) is 34.0. The number of hydrogen-bond acceptors (Lipinski definition) is 3. The molecule has 0 unspecified atom stereocenters. The minimum atomic E-state index is -0.257. The van der Waals surface area contributed by atoms with Gasteiger partial charge in [0.15, 0.2) is 5.78 Å². The summed E-state index contributed by atoms with van der Waals surface area (Å²) in [6, 6.07) is 6.57. The van der Waals surface area contributed by atoms with Gasteiger partial charge in [-0.05, 0) is 93.9 Å². The van der Waals surface area contributed by atoms with Crippen LogP contribution in [0, 0.1) is 17.3 Å². The van der Waals surface area contributed by atoms with Gasteiger partial charge in [0, 0.05) is 11.0 Å². The van der Waals surface area contributed by atoms with E-state index in [4.69, 9.17) is 9.47 Å². The van der Waals surface area contributed by atoms with Crippen molar-refractivity contribution in [3.05, 3.63) is 41.2 Å². The summed E-state index contributed by atoms with van der Waals surface area (Å²) >= 11 is 0. The summed E-state index contributed by atoms with van der Waals surface area (Å²) in [5.74, 6) is 2.89. The molecule has 0 amide bonds. The fraction of sp³-hybridized carbons (Fsp3) is 0.625. The van der Waals surface area contributed by atoms with Gasteiger partial charge in [-0.25, -0.2) is 0 Å². The van der Waals surface area contributed by atoms with Crippen molar-refractivity contribution < 1.29 is 14.3 Å². The minimum absolute atomic E-state index is 0.210. The number of ether oxygens (including phenoxy) is 2. The average molecular weight is 369 g/mol. The first kappa shape index (κ1) is 18.6. The van der Waals surface area contributed by atoms with Crippen LogP contribution in [0.2, 0.25) is 0 Å². The van der Waals surface area contributed by atoms with Crippen molar-refractivity contribution >= 4 is 5.78 Å². The van der Waals surface area contributed by atoms with E-state index >= 15 is 0 Å². The number of carbonyl (C=O) groups excluding carboxylic acids is 1. The van der Waals surface area contributed by atoms with Crippen molar-refractivity contribution in [2.75, 3.05) is 7.11 Å². The number of ketones is 1. The largest absolute Gasteiger partial charge is 0.497 e. The summed E-state index contributed by atoms with van der Waals surface area (Å²) in [6.07, 6.45) is 6.99. The summed E-state index contributed by atoms with van der Waals surface area (Å²) in [6.45, 7) is 8.29. The predicted octanol–water partition coefficient (Wildman–Crippen LogP) is 5.43. The van der Waals surface area contributed by atoms with Crippen LogP contribution < -0.4 is 4.74 Å². The van der Waals surface area contributed by atoms with E-state index in [-0.39, 0.29) is 11.0 Å². The molecule has 0 spiro atoms. The Bertz CT molecular complexity index is 785. The molecular formula is C24H32O3. The van der Waals surface area contributed by atoms with Crippen LogP contribution in [0.4, 0.5) is 0 Å². The van der Waals surface area contributed by atoms with Crippen molar-refractivity contribution in [3.63, 3.8) is 0 Å². The molecule has 2 fully saturated rings. The summed E-state index contributed by atoms with van der Waals surface area (Å²) < 4.78 is 11.3. The molecular weight excluding hydrogens is 336 g/mol. The van der Waals surface area contributed by atoms with E-state index in [1.807, 2.05) is 20.8 Å². The molecule has 1 aromatic carbocycles. The number of benzene rings is 1. The summed E-state index contributed by atoms with van der Waals surface area (Å²) in [5.41, 5.74) is 3.37. The molecule has 0 bridgehead atoms. The topological polar surface area (TPSA) is 35.5 Å². The van der Waals surface area contributed by atoms with Crippen LogP contribution in [0.5, 0.6) is 5.75 Å². The second-order valence-corrected chi connectivity index (χ2v) is 9.84. The first-order chi connectivity index (χ1) is 12.7. The van der Waals surface area contributed by atoms with E-state index in [1.165, 1.54) is 17.5 Å². The van der Waals surface area contributed by atoms with Crippen LogP contribution in [-0.2, 0) is 16.0 Å². The molecule has 27 heavy (non-hydrogen) atoms. The third-order valence-electron chi connectivity index (χ3n) is 7.13. The standard InChI is InChI=1S/C24H32O3/c1-23(2,3)27-14-16-13-21-20-8-6-15-12-17(26-5)7-9-18(15)19(20)10-11-24(21,4)22(16)25/h7,9,12,14,19-21H,6,8,10-11,13H2,1-5H3/b16-14-/t19-,20-,21+,24+/m1/s1. The van der Waals surface area contributed by atoms with Crippen molar-refractivity contribution in [1.29, 1.82) is 0 Å². The van der Waals surface area contributed by atoms with Crippen molar-refractivity contribution in [3.8, 4) is 5.75 Å².